The first-order valence-corrected chi connectivity index (χ1v) is 20.6. The quantitative estimate of drug-likeness (QED) is 0.0881. The molecule has 0 saturated heterocycles. The molecule has 0 aliphatic heterocycles. The number of aromatic nitrogens is 4. The van der Waals surface area contributed by atoms with Crippen molar-refractivity contribution in [2.45, 2.75) is 77.4 Å². The number of primary amides is 3. The Bertz CT molecular complexity index is 2180. The summed E-state index contributed by atoms with van der Waals surface area (Å²) in [6.45, 7) is 5.41. The summed E-state index contributed by atoms with van der Waals surface area (Å²) < 4.78 is 67.4. The van der Waals surface area contributed by atoms with Gasteiger partial charge in [-0.3, -0.25) is 19.2 Å². The lowest BCUT2D eigenvalue weighted by molar-refractivity contribution is -0.175. The average Bonchev–Trinajstić information content (AvgIpc) is 4.04. The van der Waals surface area contributed by atoms with E-state index in [1.54, 1.807) is 32.9 Å². The third-order valence-corrected chi connectivity index (χ3v) is 11.9. The van der Waals surface area contributed by atoms with Gasteiger partial charge in [-0.25, -0.2) is 28.5 Å². The summed E-state index contributed by atoms with van der Waals surface area (Å²) >= 11 is 16.1. The van der Waals surface area contributed by atoms with Crippen molar-refractivity contribution in [3.63, 3.8) is 0 Å². The van der Waals surface area contributed by atoms with E-state index in [2.05, 4.69) is 30.6 Å². The minimum absolute atomic E-state index is 0. The monoisotopic (exact) mass is 964 g/mol. The summed E-state index contributed by atoms with van der Waals surface area (Å²) in [7, 11) is 0. The topological polar surface area (TPSA) is 260 Å². The summed E-state index contributed by atoms with van der Waals surface area (Å²) in [5, 5.41) is 7.25. The summed E-state index contributed by atoms with van der Waals surface area (Å²) in [6.07, 6.45) is 10.4. The van der Waals surface area contributed by atoms with Crippen molar-refractivity contribution < 1.29 is 50.7 Å². The van der Waals surface area contributed by atoms with E-state index >= 15 is 0 Å². The molecule has 3 saturated carbocycles. The highest BCUT2D eigenvalue weighted by atomic mass is 35.5. The van der Waals surface area contributed by atoms with Crippen LogP contribution in [0.2, 0.25) is 15.7 Å². The van der Waals surface area contributed by atoms with Gasteiger partial charge in [-0.15, -0.1) is 0 Å². The Balaban J connectivity index is 0.000000191. The SMILES string of the molecule is C.CC(C)(C)OC(=O)N[C@@H]1[C@H](C(N)=O)[C@@H]2C=C[C@H]1C2.Fc1cnc(Cl)nc1Cl.NC(=O)[C@H]1[C@@H](NC(=O)C(F)(F)F)[C@H]2C=C[C@@H]1C2.NC(=O)[C@H]1[C@@H](Nc2nc(Cl)ncc2F)[C@H]2C=C[C@@H]1C2. The number of alkyl carbamates (subject to hydrolysis) is 1. The van der Waals surface area contributed by atoms with Gasteiger partial charge in [0.15, 0.2) is 22.6 Å². The second kappa shape index (κ2) is 20.8. The highest BCUT2D eigenvalue weighted by Crippen LogP contribution is 2.46. The molecular formula is C40H48Cl3F5N10O6. The van der Waals surface area contributed by atoms with E-state index in [1.807, 2.05) is 29.6 Å². The van der Waals surface area contributed by atoms with Crippen LogP contribution in [0.5, 0.6) is 0 Å². The Morgan fingerprint density at radius 3 is 1.44 bits per heavy atom. The predicted molar refractivity (Wildman–Crippen MR) is 225 cm³/mol. The molecule has 9 N–H and O–H groups in total. The average molecular weight is 966 g/mol. The lowest BCUT2D eigenvalue weighted by Crippen LogP contribution is -2.51. The van der Waals surface area contributed by atoms with Crippen LogP contribution in [-0.2, 0) is 23.9 Å². The molecule has 16 nitrogen and oxygen atoms in total. The van der Waals surface area contributed by atoms with Gasteiger partial charge in [0, 0.05) is 12.1 Å². The van der Waals surface area contributed by atoms with Gasteiger partial charge >= 0.3 is 18.2 Å². The molecule has 0 unspecified atom stereocenters. The molecule has 0 aromatic carbocycles. The maximum atomic E-state index is 13.6. The summed E-state index contributed by atoms with van der Waals surface area (Å²) in [4.78, 5) is 70.8. The maximum absolute atomic E-state index is 13.6. The van der Waals surface area contributed by atoms with Crippen molar-refractivity contribution in [1.29, 1.82) is 0 Å². The molecule has 6 bridgehead atoms. The fourth-order valence-corrected chi connectivity index (χ4v) is 9.27. The highest BCUT2D eigenvalue weighted by molar-refractivity contribution is 6.31. The first kappa shape index (κ1) is 51.5. The van der Waals surface area contributed by atoms with Gasteiger partial charge < -0.3 is 37.9 Å². The van der Waals surface area contributed by atoms with Gasteiger partial charge in [-0.05, 0) is 98.7 Å². The molecule has 350 valence electrons. The van der Waals surface area contributed by atoms with E-state index < -0.39 is 53.3 Å². The number of fused-ring (bicyclic) bond motifs is 6. The number of nitrogens with zero attached hydrogens (tertiary/aromatic N) is 4. The van der Waals surface area contributed by atoms with Crippen LogP contribution < -0.4 is 33.2 Å². The van der Waals surface area contributed by atoms with Gasteiger partial charge in [-0.2, -0.15) is 18.2 Å². The van der Waals surface area contributed by atoms with Crippen molar-refractivity contribution >= 4 is 70.3 Å². The smallest absolute Gasteiger partial charge is 0.444 e. The number of carbonyl (C=O) groups is 5. The van der Waals surface area contributed by atoms with Crippen molar-refractivity contribution in [3.05, 3.63) is 76.2 Å². The minimum atomic E-state index is -4.94. The van der Waals surface area contributed by atoms with Crippen LogP contribution >= 0.6 is 34.8 Å². The number of anilines is 1. The zero-order valence-corrected chi connectivity index (χ0v) is 35.9. The number of rotatable bonds is 7. The summed E-state index contributed by atoms with van der Waals surface area (Å²) in [6, 6.07) is -1.31. The van der Waals surface area contributed by atoms with Gasteiger partial charge in [0.25, 0.3) is 0 Å². The standard InChI is InChI=1S/C13H20N2O3.C12H12ClFN4O.C10H11F3N2O2.C4HCl2FN2.CH4/c1-13(2,3)18-12(17)15-10-8-5-4-7(6-8)9(10)11(14)16;13-12-16-4-7(14)11(18-12)17-9-6-2-1-5(3-6)8(9)10(15)19;11-10(12,13)9(17)15-7-5-2-1-4(3-5)6(7)8(14)16;5-3-2(7)1-8-4(6)9-3;/h4-5,7-10H,6H2,1-3H3,(H2,14,16)(H,15,17);1-2,4-6,8-9H,3H2,(H2,15,19)(H,16,17,18);1-2,4-7H,3H2,(H2,14,16)(H,15,17);1H;1H4/t7-,8+,9-,10+;5-,6+,8-,9+;4-,5+,6-,7+;;/m111../s1. The highest BCUT2D eigenvalue weighted by Gasteiger charge is 2.52. The maximum Gasteiger partial charge on any atom is 0.471 e. The van der Waals surface area contributed by atoms with Gasteiger partial charge in [0.05, 0.1) is 36.2 Å². The number of carbonyl (C=O) groups excluding carboxylic acids is 5. The van der Waals surface area contributed by atoms with Crippen molar-refractivity contribution in [3.8, 4) is 0 Å². The number of nitrogens with one attached hydrogen (secondary N) is 3. The fraction of sp³-hybridized carbons (Fsp3) is 0.525. The Kier molecular flexibility index (Phi) is 16.7. The van der Waals surface area contributed by atoms with Crippen LogP contribution in [-0.4, -0.2) is 79.6 Å². The van der Waals surface area contributed by atoms with Crippen LogP contribution in [0.3, 0.4) is 0 Å². The number of nitrogens with two attached hydrogens (primary N) is 3. The first-order valence-electron chi connectivity index (χ1n) is 19.4. The van der Waals surface area contributed by atoms with E-state index in [-0.39, 0.29) is 100 Å². The number of hydrogen-bond acceptors (Lipinski definition) is 11. The number of hydrogen-bond donors (Lipinski definition) is 6. The molecule has 24 heteroatoms. The largest absolute Gasteiger partial charge is 0.471 e. The van der Waals surface area contributed by atoms with Crippen LogP contribution in [0.4, 0.5) is 32.6 Å². The van der Waals surface area contributed by atoms with Gasteiger partial charge in [-0.1, -0.05) is 55.5 Å². The predicted octanol–water partition coefficient (Wildman–Crippen LogP) is 5.44. The number of allylic oxidation sites excluding steroid dienone is 3. The molecule has 0 spiro atoms. The van der Waals surface area contributed by atoms with Crippen LogP contribution in [0.1, 0.15) is 47.5 Å². The molecule has 6 aliphatic carbocycles. The molecule has 64 heavy (non-hydrogen) atoms. The third-order valence-electron chi connectivity index (χ3n) is 11.3. The number of halogens is 8. The van der Waals surface area contributed by atoms with Crippen molar-refractivity contribution in [1.82, 2.24) is 30.6 Å². The van der Waals surface area contributed by atoms with Gasteiger partial charge in [0.1, 0.15) is 5.60 Å². The molecule has 2 aromatic rings. The Morgan fingerprint density at radius 2 is 1.03 bits per heavy atom. The van der Waals surface area contributed by atoms with E-state index in [0.717, 1.165) is 25.2 Å². The zero-order chi connectivity index (χ0) is 46.7. The number of alkyl halides is 3. The number of amides is 5. The molecule has 3 fully saturated rings. The van der Waals surface area contributed by atoms with Gasteiger partial charge in [0.2, 0.25) is 28.3 Å². The third kappa shape index (κ3) is 12.6. The zero-order valence-electron chi connectivity index (χ0n) is 33.7. The van der Waals surface area contributed by atoms with E-state index in [1.165, 1.54) is 0 Å². The van der Waals surface area contributed by atoms with E-state index in [0.29, 0.717) is 6.42 Å². The fourth-order valence-electron chi connectivity index (χ4n) is 8.83. The molecule has 2 aromatic heterocycles. The molecule has 6 aliphatic rings. The van der Waals surface area contributed by atoms with E-state index in [9.17, 15) is 45.9 Å². The lowest BCUT2D eigenvalue weighted by atomic mass is 9.88. The van der Waals surface area contributed by atoms with Crippen LogP contribution in [0, 0.1) is 64.9 Å². The minimum Gasteiger partial charge on any atom is -0.444 e. The second-order valence-corrected chi connectivity index (χ2v) is 17.6. The van der Waals surface area contributed by atoms with Crippen molar-refractivity contribution in [2.75, 3.05) is 5.32 Å². The first-order chi connectivity index (χ1) is 29.3. The Morgan fingerprint density at radius 1 is 0.641 bits per heavy atom. The Labute approximate surface area is 379 Å². The molecule has 8 rings (SSSR count). The molecule has 0 radical (unpaired) electrons. The van der Waals surface area contributed by atoms with Crippen LogP contribution in [0.15, 0.2) is 48.8 Å². The second-order valence-electron chi connectivity index (χ2n) is 16.6. The normalized spacial score (nSPS) is 29.5. The molecule has 12 atom stereocenters. The van der Waals surface area contributed by atoms with E-state index in [4.69, 9.17) is 56.7 Å². The molecule has 2 heterocycles. The van der Waals surface area contributed by atoms with Crippen molar-refractivity contribution in [2.24, 2.45) is 70.5 Å². The summed E-state index contributed by atoms with van der Waals surface area (Å²) in [5.41, 5.74) is 15.5. The van der Waals surface area contributed by atoms with Crippen LogP contribution in [0.25, 0.3) is 0 Å². The molecule has 5 amide bonds. The Hall–Kier alpha value is -5.15. The summed E-state index contributed by atoms with van der Waals surface area (Å²) in [5.74, 6) is -5.82. The lowest BCUT2D eigenvalue weighted by Gasteiger charge is -2.28. The molecular weight excluding hydrogens is 918 g/mol. The number of ether oxygens (including phenoxy) is 1.